The Kier molecular flexibility index (Phi) is 4.54. The third-order valence-electron chi connectivity index (χ3n) is 4.06. The topological polar surface area (TPSA) is 66.6 Å². The van der Waals surface area contributed by atoms with Crippen molar-refractivity contribution in [1.29, 1.82) is 0 Å². The van der Waals surface area contributed by atoms with E-state index < -0.39 is 6.03 Å². The second-order valence-corrected chi connectivity index (χ2v) is 6.78. The van der Waals surface area contributed by atoms with E-state index >= 15 is 0 Å². The van der Waals surface area contributed by atoms with Gasteiger partial charge in [0.1, 0.15) is 5.82 Å². The molecule has 0 atom stereocenters. The number of rotatable bonds is 4. The minimum absolute atomic E-state index is 0.203. The molecule has 4 nitrogen and oxygen atoms in total. The molecule has 2 amide bonds. The molecule has 120 valence electrons. The van der Waals surface area contributed by atoms with Gasteiger partial charge < -0.3 is 5.73 Å². The summed E-state index contributed by atoms with van der Waals surface area (Å²) in [5.74, 6) is 0.0642. The van der Waals surface area contributed by atoms with Gasteiger partial charge in [-0.25, -0.2) is 14.2 Å². The van der Waals surface area contributed by atoms with Crippen molar-refractivity contribution in [2.45, 2.75) is 34.6 Å². The maximum absolute atomic E-state index is 12.9. The molecule has 0 aromatic heterocycles. The number of hydrogen-bond acceptors (Lipinski definition) is 3. The zero-order valence-corrected chi connectivity index (χ0v) is 13.2. The first-order valence-electron chi connectivity index (χ1n) is 7.34. The third kappa shape index (κ3) is 3.65. The minimum atomic E-state index is -0.811. The van der Waals surface area contributed by atoms with Crippen LogP contribution in [0.15, 0.2) is 58.3 Å². The Balaban J connectivity index is 1.65. The minimum Gasteiger partial charge on any atom is -0.350 e. The first-order chi connectivity index (χ1) is 11.0. The van der Waals surface area contributed by atoms with Gasteiger partial charge in [0.15, 0.2) is 0 Å². The van der Waals surface area contributed by atoms with Gasteiger partial charge >= 0.3 is 6.03 Å². The molecule has 1 fully saturated rings. The highest BCUT2D eigenvalue weighted by atomic mass is 32.2. The highest BCUT2D eigenvalue weighted by Crippen LogP contribution is 2.40. The fourth-order valence-corrected chi connectivity index (χ4v) is 3.60. The normalized spacial score (nSPS) is 19.9. The lowest BCUT2D eigenvalue weighted by Crippen LogP contribution is -2.47. The van der Waals surface area contributed by atoms with Crippen LogP contribution in [0, 0.1) is 5.82 Å². The number of carbonyl (C=O) groups is 1. The standard InChI is InChI=1S/C17H17FN2O2S/c18-13-4-6-15(7-5-13)23-16-3-1-2-11(10-16)12-8-14(9-12)20(22)17(19)21/h1-7,10,12,14,22H,8-9H2,(H2,19,21). The number of hydrogen-bond donors (Lipinski definition) is 2. The van der Waals surface area contributed by atoms with Gasteiger partial charge in [0, 0.05) is 9.79 Å². The molecule has 1 aliphatic carbocycles. The van der Waals surface area contributed by atoms with Crippen molar-refractivity contribution in [2.75, 3.05) is 0 Å². The van der Waals surface area contributed by atoms with Crippen LogP contribution in [0.25, 0.3) is 0 Å². The number of nitrogens with zero attached hydrogens (tertiary/aromatic N) is 1. The Bertz CT molecular complexity index is 702. The molecule has 0 unspecified atom stereocenters. The number of urea groups is 1. The van der Waals surface area contributed by atoms with E-state index in [9.17, 15) is 14.4 Å². The summed E-state index contributed by atoms with van der Waals surface area (Å²) in [6, 6.07) is 13.5. The van der Waals surface area contributed by atoms with Gasteiger partial charge in [-0.05, 0) is 60.7 Å². The lowest BCUT2D eigenvalue weighted by Gasteiger charge is -2.39. The predicted molar refractivity (Wildman–Crippen MR) is 85.9 cm³/mol. The maximum Gasteiger partial charge on any atom is 0.338 e. The van der Waals surface area contributed by atoms with Crippen LogP contribution in [0.2, 0.25) is 0 Å². The number of carbonyl (C=O) groups excluding carboxylic acids is 1. The monoisotopic (exact) mass is 332 g/mol. The SMILES string of the molecule is NC(=O)N(O)C1CC(c2cccc(Sc3ccc(F)cc3)c2)C1. The van der Waals surface area contributed by atoms with Crippen molar-refractivity contribution in [3.63, 3.8) is 0 Å². The summed E-state index contributed by atoms with van der Waals surface area (Å²) in [5.41, 5.74) is 6.23. The average Bonchev–Trinajstić information content (AvgIpc) is 2.48. The van der Waals surface area contributed by atoms with E-state index in [2.05, 4.69) is 6.07 Å². The van der Waals surface area contributed by atoms with Crippen molar-refractivity contribution in [3.8, 4) is 0 Å². The molecule has 23 heavy (non-hydrogen) atoms. The highest BCUT2D eigenvalue weighted by molar-refractivity contribution is 7.99. The molecule has 0 spiro atoms. The Morgan fingerprint density at radius 1 is 1.17 bits per heavy atom. The second kappa shape index (κ2) is 6.60. The van der Waals surface area contributed by atoms with E-state index in [-0.39, 0.29) is 11.9 Å². The van der Waals surface area contributed by atoms with E-state index in [0.717, 1.165) is 9.79 Å². The quantitative estimate of drug-likeness (QED) is 0.657. The molecule has 0 bridgehead atoms. The van der Waals surface area contributed by atoms with Crippen molar-refractivity contribution in [2.24, 2.45) is 5.73 Å². The number of halogens is 1. The zero-order valence-electron chi connectivity index (χ0n) is 12.4. The number of benzene rings is 2. The van der Waals surface area contributed by atoms with Crippen LogP contribution in [0.3, 0.4) is 0 Å². The molecule has 0 saturated heterocycles. The van der Waals surface area contributed by atoms with Gasteiger partial charge in [-0.2, -0.15) is 0 Å². The molecule has 0 heterocycles. The molecule has 0 radical (unpaired) electrons. The van der Waals surface area contributed by atoms with Crippen molar-refractivity contribution in [3.05, 3.63) is 59.9 Å². The summed E-state index contributed by atoms with van der Waals surface area (Å²) in [6.45, 7) is 0. The smallest absolute Gasteiger partial charge is 0.338 e. The molecule has 3 rings (SSSR count). The van der Waals surface area contributed by atoms with E-state index in [1.54, 1.807) is 23.9 Å². The van der Waals surface area contributed by atoms with Gasteiger partial charge in [0.25, 0.3) is 0 Å². The number of primary amides is 1. The summed E-state index contributed by atoms with van der Waals surface area (Å²) in [6.07, 6.45) is 1.40. The summed E-state index contributed by atoms with van der Waals surface area (Å²) in [5, 5.41) is 10.1. The first-order valence-corrected chi connectivity index (χ1v) is 8.15. The zero-order chi connectivity index (χ0) is 16.4. The van der Waals surface area contributed by atoms with Crippen molar-refractivity contribution < 1.29 is 14.4 Å². The third-order valence-corrected chi connectivity index (χ3v) is 5.06. The Labute approximate surface area is 138 Å². The molecule has 0 aliphatic heterocycles. The van der Waals surface area contributed by atoms with Gasteiger partial charge in [0.2, 0.25) is 0 Å². The number of nitrogens with two attached hydrogens (primary N) is 1. The van der Waals surface area contributed by atoms with Crippen molar-refractivity contribution >= 4 is 17.8 Å². The van der Waals surface area contributed by atoms with E-state index in [1.807, 2.05) is 18.2 Å². The molecule has 2 aromatic carbocycles. The van der Waals surface area contributed by atoms with Crippen LogP contribution in [0.1, 0.15) is 24.3 Å². The fourth-order valence-electron chi connectivity index (χ4n) is 2.71. The summed E-state index contributed by atoms with van der Waals surface area (Å²) < 4.78 is 12.9. The van der Waals surface area contributed by atoms with Crippen molar-refractivity contribution in [1.82, 2.24) is 5.06 Å². The molecule has 1 saturated carbocycles. The molecule has 3 N–H and O–H groups in total. The van der Waals surface area contributed by atoms with Crippen LogP contribution in [0.4, 0.5) is 9.18 Å². The largest absolute Gasteiger partial charge is 0.350 e. The fraction of sp³-hybridized carbons (Fsp3) is 0.235. The van der Waals surface area contributed by atoms with Crippen LogP contribution >= 0.6 is 11.8 Å². The lowest BCUT2D eigenvalue weighted by molar-refractivity contribution is -0.102. The maximum atomic E-state index is 12.9. The van der Waals surface area contributed by atoms with Crippen LogP contribution in [-0.2, 0) is 0 Å². The predicted octanol–water partition coefficient (Wildman–Crippen LogP) is 3.99. The molecular weight excluding hydrogens is 315 g/mol. The molecule has 1 aliphatic rings. The summed E-state index contributed by atoms with van der Waals surface area (Å²) in [7, 11) is 0. The second-order valence-electron chi connectivity index (χ2n) is 5.63. The van der Waals surface area contributed by atoms with Crippen LogP contribution < -0.4 is 5.73 Å². The summed E-state index contributed by atoms with van der Waals surface area (Å²) in [4.78, 5) is 13.0. The van der Waals surface area contributed by atoms with Crippen LogP contribution in [0.5, 0.6) is 0 Å². The molecular formula is C17H17FN2O2S. The van der Waals surface area contributed by atoms with E-state index in [0.29, 0.717) is 23.8 Å². The Hall–Kier alpha value is -2.05. The average molecular weight is 332 g/mol. The summed E-state index contributed by atoms with van der Waals surface area (Å²) >= 11 is 1.57. The number of amides is 2. The Morgan fingerprint density at radius 3 is 2.52 bits per heavy atom. The lowest BCUT2D eigenvalue weighted by atomic mass is 9.76. The molecule has 2 aromatic rings. The highest BCUT2D eigenvalue weighted by Gasteiger charge is 2.35. The van der Waals surface area contributed by atoms with E-state index in [4.69, 9.17) is 5.73 Å². The van der Waals surface area contributed by atoms with Gasteiger partial charge in [-0.1, -0.05) is 23.9 Å². The Morgan fingerprint density at radius 2 is 1.87 bits per heavy atom. The van der Waals surface area contributed by atoms with E-state index in [1.165, 1.54) is 17.7 Å². The van der Waals surface area contributed by atoms with Gasteiger partial charge in [0.05, 0.1) is 6.04 Å². The molecule has 6 heteroatoms. The number of hydroxylamine groups is 2. The van der Waals surface area contributed by atoms with Gasteiger partial charge in [-0.15, -0.1) is 0 Å². The van der Waals surface area contributed by atoms with Crippen LogP contribution in [-0.4, -0.2) is 22.3 Å². The van der Waals surface area contributed by atoms with Gasteiger partial charge in [-0.3, -0.25) is 5.21 Å². The first kappa shape index (κ1) is 15.8.